The average molecular weight is 478 g/mol. The summed E-state index contributed by atoms with van der Waals surface area (Å²) in [6, 6.07) is 12.5. The normalized spacial score (nSPS) is 24.1. The van der Waals surface area contributed by atoms with E-state index in [9.17, 15) is 4.79 Å². The summed E-state index contributed by atoms with van der Waals surface area (Å²) >= 11 is 0. The summed E-state index contributed by atoms with van der Waals surface area (Å²) in [5.41, 5.74) is 3.28. The van der Waals surface area contributed by atoms with Crippen LogP contribution in [0.4, 0.5) is 11.5 Å². The maximum atomic E-state index is 13.7. The van der Waals surface area contributed by atoms with Crippen LogP contribution in [0.15, 0.2) is 42.6 Å². The van der Waals surface area contributed by atoms with Gasteiger partial charge in [-0.05, 0) is 69.0 Å². The first-order chi connectivity index (χ1) is 16.9. The van der Waals surface area contributed by atoms with Crippen LogP contribution >= 0.6 is 0 Å². The maximum Gasteiger partial charge on any atom is 0.244 e. The number of hydrogen-bond donors (Lipinski definition) is 1. The van der Waals surface area contributed by atoms with E-state index in [0.717, 1.165) is 69.3 Å². The van der Waals surface area contributed by atoms with Gasteiger partial charge in [-0.25, -0.2) is 4.98 Å². The largest absolute Gasteiger partial charge is 0.381 e. The van der Waals surface area contributed by atoms with E-state index in [-0.39, 0.29) is 17.5 Å². The summed E-state index contributed by atoms with van der Waals surface area (Å²) < 4.78 is 5.52. The molecule has 1 atom stereocenters. The van der Waals surface area contributed by atoms with E-state index in [1.165, 1.54) is 5.56 Å². The van der Waals surface area contributed by atoms with Gasteiger partial charge in [-0.1, -0.05) is 18.2 Å². The number of amides is 1. The number of carbonyl (C=O) groups excluding carboxylic acids is 1. The molecule has 1 aromatic carbocycles. The van der Waals surface area contributed by atoms with Gasteiger partial charge >= 0.3 is 0 Å². The molecule has 188 valence electrons. The molecule has 3 aliphatic heterocycles. The summed E-state index contributed by atoms with van der Waals surface area (Å²) in [5.74, 6) is 1.71. The van der Waals surface area contributed by atoms with Crippen LogP contribution in [0.3, 0.4) is 0 Å². The van der Waals surface area contributed by atoms with Crippen molar-refractivity contribution in [1.29, 1.82) is 0 Å². The number of nitrogens with zero attached hydrogens (tertiary/aromatic N) is 4. The molecule has 1 unspecified atom stereocenters. The van der Waals surface area contributed by atoms with E-state index >= 15 is 0 Å². The van der Waals surface area contributed by atoms with Gasteiger partial charge < -0.3 is 19.4 Å². The third-order valence-corrected chi connectivity index (χ3v) is 7.67. The Morgan fingerprint density at radius 3 is 2.49 bits per heavy atom. The fourth-order valence-corrected chi connectivity index (χ4v) is 5.67. The number of hydrogen-bond acceptors (Lipinski definition) is 6. The van der Waals surface area contributed by atoms with Crippen LogP contribution in [-0.2, 0) is 16.0 Å². The number of piperazine rings is 2. The number of anilines is 2. The second-order valence-electron chi connectivity index (χ2n) is 11.0. The van der Waals surface area contributed by atoms with Crippen molar-refractivity contribution >= 4 is 17.4 Å². The minimum Gasteiger partial charge on any atom is -0.381 e. The summed E-state index contributed by atoms with van der Waals surface area (Å²) in [7, 11) is 2.16. The van der Waals surface area contributed by atoms with E-state index in [1.807, 2.05) is 17.2 Å². The smallest absolute Gasteiger partial charge is 0.244 e. The summed E-state index contributed by atoms with van der Waals surface area (Å²) in [4.78, 5) is 25.2. The molecule has 3 aliphatic rings. The summed E-state index contributed by atoms with van der Waals surface area (Å²) in [5, 5.41) is 3.63. The lowest BCUT2D eigenvalue weighted by atomic mass is 9.91. The third-order valence-electron chi connectivity index (χ3n) is 7.67. The fourth-order valence-electron chi connectivity index (χ4n) is 5.67. The molecule has 7 nitrogen and oxygen atoms in total. The third kappa shape index (κ3) is 5.52. The van der Waals surface area contributed by atoms with Crippen LogP contribution in [0.2, 0.25) is 0 Å². The maximum absolute atomic E-state index is 13.7. The molecular formula is C28H39N5O2. The second kappa shape index (κ2) is 10.2. The van der Waals surface area contributed by atoms with Crippen LogP contribution in [0.5, 0.6) is 0 Å². The summed E-state index contributed by atoms with van der Waals surface area (Å²) in [6.45, 7) is 10.7. The summed E-state index contributed by atoms with van der Waals surface area (Å²) in [6.07, 6.45) is 4.64. The van der Waals surface area contributed by atoms with E-state index in [2.05, 4.69) is 66.3 Å². The number of ether oxygens (including phenoxy) is 1. The SMILES string of the molecule is CN1CCN(c2ncccc2CC2NC(C)(C)CN(c3ccc(C4CCOCC4)cc3)C2=O)CC1. The number of benzene rings is 1. The van der Waals surface area contributed by atoms with Crippen LogP contribution in [-0.4, -0.2) is 80.4 Å². The molecule has 3 saturated heterocycles. The minimum absolute atomic E-state index is 0.135. The lowest BCUT2D eigenvalue weighted by Crippen LogP contribution is -2.65. The molecule has 0 radical (unpaired) electrons. The topological polar surface area (TPSA) is 60.9 Å². The highest BCUT2D eigenvalue weighted by Crippen LogP contribution is 2.31. The number of rotatable bonds is 5. The zero-order valence-corrected chi connectivity index (χ0v) is 21.4. The minimum atomic E-state index is -0.288. The number of aromatic nitrogens is 1. The molecule has 3 fully saturated rings. The average Bonchev–Trinajstić information content (AvgIpc) is 2.87. The van der Waals surface area contributed by atoms with Gasteiger partial charge in [0.25, 0.3) is 0 Å². The molecule has 2 aromatic rings. The van der Waals surface area contributed by atoms with Crippen molar-refractivity contribution in [3.63, 3.8) is 0 Å². The molecule has 1 aromatic heterocycles. The Kier molecular flexibility index (Phi) is 7.09. The van der Waals surface area contributed by atoms with Crippen molar-refractivity contribution in [3.05, 3.63) is 53.7 Å². The van der Waals surface area contributed by atoms with Gasteiger partial charge in [0.15, 0.2) is 0 Å². The van der Waals surface area contributed by atoms with Crippen molar-refractivity contribution in [2.75, 3.05) is 62.8 Å². The van der Waals surface area contributed by atoms with Crippen molar-refractivity contribution < 1.29 is 9.53 Å². The second-order valence-corrected chi connectivity index (χ2v) is 11.0. The fraction of sp³-hybridized carbons (Fsp3) is 0.571. The molecule has 0 spiro atoms. The van der Waals surface area contributed by atoms with Gasteiger partial charge in [0, 0.05) is 69.8 Å². The van der Waals surface area contributed by atoms with Gasteiger partial charge in [-0.3, -0.25) is 10.1 Å². The van der Waals surface area contributed by atoms with Gasteiger partial charge in [0.2, 0.25) is 5.91 Å². The zero-order valence-electron chi connectivity index (χ0n) is 21.4. The Morgan fingerprint density at radius 1 is 1.06 bits per heavy atom. The van der Waals surface area contributed by atoms with Gasteiger partial charge in [0.1, 0.15) is 5.82 Å². The highest BCUT2D eigenvalue weighted by Gasteiger charge is 2.39. The molecule has 0 saturated carbocycles. The van der Waals surface area contributed by atoms with Gasteiger partial charge in [-0.15, -0.1) is 0 Å². The van der Waals surface area contributed by atoms with Gasteiger partial charge in [0.05, 0.1) is 6.04 Å². The number of likely N-dealkylation sites (N-methyl/N-ethyl adjacent to an activating group) is 1. The molecule has 1 amide bonds. The molecule has 0 aliphatic carbocycles. The molecule has 35 heavy (non-hydrogen) atoms. The van der Waals surface area contributed by atoms with E-state index in [0.29, 0.717) is 18.9 Å². The first-order valence-corrected chi connectivity index (χ1v) is 13.0. The molecule has 1 N–H and O–H groups in total. The van der Waals surface area contributed by atoms with Crippen LogP contribution in [0, 0.1) is 0 Å². The lowest BCUT2D eigenvalue weighted by Gasteiger charge is -2.43. The Morgan fingerprint density at radius 2 is 1.77 bits per heavy atom. The first-order valence-electron chi connectivity index (χ1n) is 13.0. The van der Waals surface area contributed by atoms with Crippen molar-refractivity contribution in [2.45, 2.75) is 50.6 Å². The number of pyridine rings is 1. The van der Waals surface area contributed by atoms with Crippen LogP contribution in [0.1, 0.15) is 43.7 Å². The Balaban J connectivity index is 1.34. The Labute approximate surface area is 209 Å². The zero-order chi connectivity index (χ0) is 24.4. The van der Waals surface area contributed by atoms with Crippen molar-refractivity contribution in [1.82, 2.24) is 15.2 Å². The number of nitrogens with one attached hydrogen (secondary N) is 1. The Hall–Kier alpha value is -2.48. The van der Waals surface area contributed by atoms with E-state index in [4.69, 9.17) is 9.72 Å². The molecule has 5 rings (SSSR count). The van der Waals surface area contributed by atoms with Crippen molar-refractivity contribution in [3.8, 4) is 0 Å². The lowest BCUT2D eigenvalue weighted by molar-refractivity contribution is -0.122. The van der Waals surface area contributed by atoms with Crippen LogP contribution in [0.25, 0.3) is 0 Å². The van der Waals surface area contributed by atoms with Crippen molar-refractivity contribution in [2.24, 2.45) is 0 Å². The van der Waals surface area contributed by atoms with Crippen LogP contribution < -0.4 is 15.1 Å². The van der Waals surface area contributed by atoms with Gasteiger partial charge in [-0.2, -0.15) is 0 Å². The Bertz CT molecular complexity index is 1010. The van der Waals surface area contributed by atoms with E-state index < -0.39 is 0 Å². The van der Waals surface area contributed by atoms with E-state index in [1.54, 1.807) is 0 Å². The highest BCUT2D eigenvalue weighted by molar-refractivity contribution is 5.98. The molecule has 7 heteroatoms. The predicted octanol–water partition coefficient (Wildman–Crippen LogP) is 3.05. The highest BCUT2D eigenvalue weighted by atomic mass is 16.5. The quantitative estimate of drug-likeness (QED) is 0.714. The molecular weight excluding hydrogens is 438 g/mol. The molecule has 0 bridgehead atoms. The monoisotopic (exact) mass is 477 g/mol. The first kappa shape index (κ1) is 24.2. The number of carbonyl (C=O) groups is 1. The molecule has 4 heterocycles. The predicted molar refractivity (Wildman–Crippen MR) is 140 cm³/mol. The standard InChI is InChI=1S/C28H39N5O2/c1-28(2)20-33(24-8-6-21(7-9-24)22-10-17-35-18-11-22)27(34)25(30-28)19-23-5-4-12-29-26(23)32-15-13-31(3)14-16-32/h4-9,12,22,25,30H,10-11,13-20H2,1-3H3.